The van der Waals surface area contributed by atoms with E-state index in [-0.39, 0.29) is 18.3 Å². The number of carbonyl (C=O) groups excluding carboxylic acids is 2. The fourth-order valence-corrected chi connectivity index (χ4v) is 2.40. The van der Waals surface area contributed by atoms with E-state index in [0.717, 1.165) is 0 Å². The first-order chi connectivity index (χ1) is 6.59. The molecule has 0 radical (unpaired) electrons. The molecule has 0 aromatic rings. The fourth-order valence-electron chi connectivity index (χ4n) is 2.40. The molecule has 1 saturated heterocycles. The first-order valence-electron chi connectivity index (χ1n) is 4.57. The Hall–Kier alpha value is -1.39. The maximum absolute atomic E-state index is 11.2. The maximum Gasteiger partial charge on any atom is 0.317 e. The Morgan fingerprint density at radius 2 is 2.07 bits per heavy atom. The molecule has 1 aliphatic heterocycles. The largest absolute Gasteiger partial charge is 0.481 e. The lowest BCUT2D eigenvalue weighted by atomic mass is 9.89. The van der Waals surface area contributed by atoms with E-state index in [1.54, 1.807) is 0 Å². The molecule has 1 heterocycles. The van der Waals surface area contributed by atoms with Gasteiger partial charge >= 0.3 is 17.9 Å². The van der Waals surface area contributed by atoms with Crippen molar-refractivity contribution in [3.8, 4) is 0 Å². The Morgan fingerprint density at radius 3 is 2.71 bits per heavy atom. The number of cyclic esters (lactones) is 2. The molecular weight excluding hydrogens is 188 g/mol. The average molecular weight is 198 g/mol. The normalized spacial score (nSPS) is 35.6. The molecule has 5 nitrogen and oxygen atoms in total. The van der Waals surface area contributed by atoms with E-state index in [9.17, 15) is 14.4 Å². The molecule has 3 unspecified atom stereocenters. The summed E-state index contributed by atoms with van der Waals surface area (Å²) in [6, 6.07) is 0. The molecule has 3 atom stereocenters. The summed E-state index contributed by atoms with van der Waals surface area (Å²) < 4.78 is 4.47. The molecule has 1 N–H and O–H groups in total. The second-order valence-electron chi connectivity index (χ2n) is 3.81. The van der Waals surface area contributed by atoms with Crippen LogP contribution in [0.1, 0.15) is 19.3 Å². The molecule has 5 heteroatoms. The van der Waals surface area contributed by atoms with E-state index in [2.05, 4.69) is 4.74 Å². The number of esters is 2. The van der Waals surface area contributed by atoms with Gasteiger partial charge in [-0.15, -0.1) is 0 Å². The number of carboxylic acid groups (broad SMARTS) is 1. The molecule has 2 fully saturated rings. The number of ether oxygens (including phenoxy) is 1. The lowest BCUT2D eigenvalue weighted by Crippen LogP contribution is -2.20. The van der Waals surface area contributed by atoms with Crippen molar-refractivity contribution >= 4 is 17.9 Å². The summed E-state index contributed by atoms with van der Waals surface area (Å²) in [5, 5.41) is 8.61. The highest BCUT2D eigenvalue weighted by Crippen LogP contribution is 2.44. The third-order valence-electron chi connectivity index (χ3n) is 3.00. The second kappa shape index (κ2) is 3.08. The minimum Gasteiger partial charge on any atom is -0.481 e. The van der Waals surface area contributed by atoms with E-state index < -0.39 is 23.8 Å². The monoisotopic (exact) mass is 198 g/mol. The number of fused-ring (bicyclic) bond motifs is 1. The van der Waals surface area contributed by atoms with Crippen LogP contribution in [-0.4, -0.2) is 23.0 Å². The van der Waals surface area contributed by atoms with Gasteiger partial charge in [0.05, 0.1) is 11.8 Å². The van der Waals surface area contributed by atoms with Crippen molar-refractivity contribution < 1.29 is 24.2 Å². The van der Waals surface area contributed by atoms with Gasteiger partial charge in [0, 0.05) is 6.42 Å². The highest BCUT2D eigenvalue weighted by Gasteiger charge is 2.52. The summed E-state index contributed by atoms with van der Waals surface area (Å²) in [7, 11) is 0. The van der Waals surface area contributed by atoms with Crippen LogP contribution in [0.5, 0.6) is 0 Å². The SMILES string of the molecule is O=C(O)CC1CCC2C(=O)OC(=O)C12. The summed E-state index contributed by atoms with van der Waals surface area (Å²) in [6.45, 7) is 0. The number of rotatable bonds is 2. The molecule has 0 bridgehead atoms. The third-order valence-corrected chi connectivity index (χ3v) is 3.00. The molecule has 76 valence electrons. The number of carboxylic acids is 1. The van der Waals surface area contributed by atoms with Crippen LogP contribution in [-0.2, 0) is 19.1 Å². The van der Waals surface area contributed by atoms with E-state index in [1.807, 2.05) is 0 Å². The Morgan fingerprint density at radius 1 is 1.36 bits per heavy atom. The fraction of sp³-hybridized carbons (Fsp3) is 0.667. The molecule has 1 saturated carbocycles. The van der Waals surface area contributed by atoms with Crippen LogP contribution in [0.25, 0.3) is 0 Å². The first-order valence-corrected chi connectivity index (χ1v) is 4.57. The van der Waals surface area contributed by atoms with Gasteiger partial charge in [-0.05, 0) is 18.8 Å². The highest BCUT2D eigenvalue weighted by atomic mass is 16.6. The van der Waals surface area contributed by atoms with Gasteiger partial charge in [-0.3, -0.25) is 14.4 Å². The van der Waals surface area contributed by atoms with E-state index in [0.29, 0.717) is 12.8 Å². The lowest BCUT2D eigenvalue weighted by molar-refractivity contribution is -0.154. The third kappa shape index (κ3) is 1.29. The van der Waals surface area contributed by atoms with Crippen molar-refractivity contribution in [1.82, 2.24) is 0 Å². The Balaban J connectivity index is 2.13. The van der Waals surface area contributed by atoms with Gasteiger partial charge in [-0.1, -0.05) is 0 Å². The predicted molar refractivity (Wildman–Crippen MR) is 43.1 cm³/mol. The van der Waals surface area contributed by atoms with E-state index in [1.165, 1.54) is 0 Å². The van der Waals surface area contributed by atoms with Crippen LogP contribution in [0.4, 0.5) is 0 Å². The van der Waals surface area contributed by atoms with Gasteiger partial charge in [-0.25, -0.2) is 0 Å². The molecule has 0 aromatic carbocycles. The Kier molecular flexibility index (Phi) is 2.02. The van der Waals surface area contributed by atoms with Gasteiger partial charge in [0.15, 0.2) is 0 Å². The summed E-state index contributed by atoms with van der Waals surface area (Å²) in [5.41, 5.74) is 0. The van der Waals surface area contributed by atoms with Gasteiger partial charge in [-0.2, -0.15) is 0 Å². The second-order valence-corrected chi connectivity index (χ2v) is 3.81. The van der Waals surface area contributed by atoms with E-state index >= 15 is 0 Å². The van der Waals surface area contributed by atoms with Gasteiger partial charge in [0.1, 0.15) is 0 Å². The van der Waals surface area contributed by atoms with Crippen LogP contribution >= 0.6 is 0 Å². The zero-order valence-corrected chi connectivity index (χ0v) is 7.43. The average Bonchev–Trinajstić information content (AvgIpc) is 2.56. The topological polar surface area (TPSA) is 80.7 Å². The zero-order chi connectivity index (χ0) is 10.3. The molecule has 2 aliphatic rings. The van der Waals surface area contributed by atoms with Crippen LogP contribution < -0.4 is 0 Å². The Labute approximate surface area is 80.0 Å². The standard InChI is InChI=1S/C9H10O5/c10-6(11)3-4-1-2-5-7(4)9(13)14-8(5)12/h4-5,7H,1-3H2,(H,10,11). The molecule has 0 amide bonds. The zero-order valence-electron chi connectivity index (χ0n) is 7.43. The molecule has 1 aliphatic carbocycles. The Bertz CT molecular complexity index is 308. The minimum atomic E-state index is -0.928. The molecular formula is C9H10O5. The summed E-state index contributed by atoms with van der Waals surface area (Å²) in [5.74, 6) is -3.05. The molecule has 14 heavy (non-hydrogen) atoms. The smallest absolute Gasteiger partial charge is 0.317 e. The van der Waals surface area contributed by atoms with Crippen LogP contribution in [0.15, 0.2) is 0 Å². The summed E-state index contributed by atoms with van der Waals surface area (Å²) in [4.78, 5) is 32.8. The van der Waals surface area contributed by atoms with Crippen molar-refractivity contribution in [2.24, 2.45) is 17.8 Å². The number of hydrogen-bond acceptors (Lipinski definition) is 4. The minimum absolute atomic E-state index is 0.0520. The molecule has 0 aromatic heterocycles. The van der Waals surface area contributed by atoms with Gasteiger partial charge < -0.3 is 9.84 Å². The summed E-state index contributed by atoms with van der Waals surface area (Å²) >= 11 is 0. The van der Waals surface area contributed by atoms with Crippen molar-refractivity contribution in [2.45, 2.75) is 19.3 Å². The van der Waals surface area contributed by atoms with Crippen LogP contribution in [0.3, 0.4) is 0 Å². The van der Waals surface area contributed by atoms with Crippen LogP contribution in [0, 0.1) is 17.8 Å². The van der Waals surface area contributed by atoms with Gasteiger partial charge in [0.2, 0.25) is 0 Å². The lowest BCUT2D eigenvalue weighted by Gasteiger charge is -2.10. The van der Waals surface area contributed by atoms with Crippen molar-refractivity contribution in [1.29, 1.82) is 0 Å². The quantitative estimate of drug-likeness (QED) is 0.506. The summed E-state index contributed by atoms with van der Waals surface area (Å²) in [6.07, 6.45) is 1.15. The van der Waals surface area contributed by atoms with Crippen molar-refractivity contribution in [3.63, 3.8) is 0 Å². The predicted octanol–water partition coefficient (Wildman–Crippen LogP) is 0.187. The first kappa shape index (κ1) is 9.18. The van der Waals surface area contributed by atoms with Crippen molar-refractivity contribution in [2.75, 3.05) is 0 Å². The van der Waals surface area contributed by atoms with Gasteiger partial charge in [0.25, 0.3) is 0 Å². The van der Waals surface area contributed by atoms with Crippen molar-refractivity contribution in [3.05, 3.63) is 0 Å². The molecule has 0 spiro atoms. The number of carbonyl (C=O) groups is 3. The number of hydrogen-bond donors (Lipinski definition) is 1. The van der Waals surface area contributed by atoms with Crippen LogP contribution in [0.2, 0.25) is 0 Å². The highest BCUT2D eigenvalue weighted by molar-refractivity contribution is 5.97. The molecule has 2 rings (SSSR count). The number of aliphatic carboxylic acids is 1. The van der Waals surface area contributed by atoms with E-state index in [4.69, 9.17) is 5.11 Å². The maximum atomic E-state index is 11.2.